The molecule has 1 atom stereocenters. The summed E-state index contributed by atoms with van der Waals surface area (Å²) in [5.74, 6) is 0. The van der Waals surface area contributed by atoms with Crippen molar-refractivity contribution < 1.29 is 17.9 Å². The molecular formula is C13H18F3NO. The maximum Gasteiger partial charge on any atom is 0.411 e. The molecule has 0 bridgehead atoms. The van der Waals surface area contributed by atoms with Crippen LogP contribution in [0, 0.1) is 6.92 Å². The highest BCUT2D eigenvalue weighted by Crippen LogP contribution is 2.15. The highest BCUT2D eigenvalue weighted by atomic mass is 19.4. The van der Waals surface area contributed by atoms with Crippen LogP contribution in [-0.2, 0) is 11.2 Å². The molecule has 5 heteroatoms. The molecule has 0 amide bonds. The van der Waals surface area contributed by atoms with Crippen LogP contribution < -0.4 is 5.73 Å². The lowest BCUT2D eigenvalue weighted by Gasteiger charge is -2.14. The second-order valence-electron chi connectivity index (χ2n) is 4.35. The molecular weight excluding hydrogens is 243 g/mol. The van der Waals surface area contributed by atoms with Crippen molar-refractivity contribution in [1.29, 1.82) is 0 Å². The molecule has 2 nitrogen and oxygen atoms in total. The Morgan fingerprint density at radius 2 is 1.94 bits per heavy atom. The molecule has 1 aromatic carbocycles. The second kappa shape index (κ2) is 6.75. The number of alkyl halides is 3. The number of halogens is 3. The van der Waals surface area contributed by atoms with Crippen molar-refractivity contribution in [1.82, 2.24) is 0 Å². The summed E-state index contributed by atoms with van der Waals surface area (Å²) in [6, 6.07) is 7.65. The molecule has 2 N–H and O–H groups in total. The Labute approximate surface area is 105 Å². The third kappa shape index (κ3) is 6.02. The van der Waals surface area contributed by atoms with Gasteiger partial charge in [-0.3, -0.25) is 0 Å². The highest BCUT2D eigenvalue weighted by Gasteiger charge is 2.27. The largest absolute Gasteiger partial charge is 0.411 e. The van der Waals surface area contributed by atoms with Crippen molar-refractivity contribution in [2.45, 2.75) is 32.0 Å². The summed E-state index contributed by atoms with van der Waals surface area (Å²) in [6.07, 6.45) is -3.19. The van der Waals surface area contributed by atoms with Gasteiger partial charge in [0.2, 0.25) is 0 Å². The molecule has 0 aromatic heterocycles. The predicted octanol–water partition coefficient (Wildman–Crippen LogP) is 2.83. The zero-order chi connectivity index (χ0) is 13.6. The van der Waals surface area contributed by atoms with E-state index in [-0.39, 0.29) is 12.6 Å². The van der Waals surface area contributed by atoms with Crippen LogP contribution in [0.1, 0.15) is 17.5 Å². The first-order valence-corrected chi connectivity index (χ1v) is 5.83. The Morgan fingerprint density at radius 1 is 1.28 bits per heavy atom. The lowest BCUT2D eigenvalue weighted by atomic mass is 10.0. The molecule has 0 radical (unpaired) electrons. The van der Waals surface area contributed by atoms with Crippen LogP contribution in [0.15, 0.2) is 24.3 Å². The van der Waals surface area contributed by atoms with E-state index in [9.17, 15) is 13.2 Å². The van der Waals surface area contributed by atoms with E-state index < -0.39 is 12.8 Å². The van der Waals surface area contributed by atoms with E-state index >= 15 is 0 Å². The first-order valence-electron chi connectivity index (χ1n) is 5.83. The van der Waals surface area contributed by atoms with E-state index in [2.05, 4.69) is 4.74 Å². The first-order chi connectivity index (χ1) is 8.38. The van der Waals surface area contributed by atoms with Crippen LogP contribution in [0.2, 0.25) is 0 Å². The van der Waals surface area contributed by atoms with Crippen LogP contribution in [0.25, 0.3) is 0 Å². The summed E-state index contributed by atoms with van der Waals surface area (Å²) in [5.41, 5.74) is 8.13. The van der Waals surface area contributed by atoms with Gasteiger partial charge in [-0.1, -0.05) is 24.3 Å². The Kier molecular flexibility index (Phi) is 5.62. The van der Waals surface area contributed by atoms with Gasteiger partial charge < -0.3 is 10.5 Å². The van der Waals surface area contributed by atoms with E-state index in [1.165, 1.54) is 0 Å². The molecule has 0 fully saturated rings. The van der Waals surface area contributed by atoms with Crippen LogP contribution in [0.3, 0.4) is 0 Å². The van der Waals surface area contributed by atoms with E-state index in [1.807, 2.05) is 31.2 Å². The summed E-state index contributed by atoms with van der Waals surface area (Å²) in [7, 11) is 0. The highest BCUT2D eigenvalue weighted by molar-refractivity contribution is 5.26. The minimum Gasteiger partial charge on any atom is -0.372 e. The molecule has 0 aliphatic carbocycles. The second-order valence-corrected chi connectivity index (χ2v) is 4.35. The Balaban J connectivity index is 2.26. The summed E-state index contributed by atoms with van der Waals surface area (Å²) in [6.45, 7) is 0.818. The van der Waals surface area contributed by atoms with Crippen molar-refractivity contribution >= 4 is 0 Å². The number of benzene rings is 1. The smallest absolute Gasteiger partial charge is 0.372 e. The van der Waals surface area contributed by atoms with Crippen molar-refractivity contribution in [2.75, 3.05) is 13.2 Å². The van der Waals surface area contributed by atoms with Crippen molar-refractivity contribution in [3.8, 4) is 0 Å². The number of hydrogen-bond donors (Lipinski definition) is 1. The number of ether oxygens (including phenoxy) is 1. The molecule has 1 aromatic rings. The fraction of sp³-hybridized carbons (Fsp3) is 0.538. The SMILES string of the molecule is Cc1ccccc1CC(N)CCOCC(F)(F)F. The Hall–Kier alpha value is -1.07. The maximum absolute atomic E-state index is 11.8. The Bertz CT molecular complexity index is 365. The zero-order valence-electron chi connectivity index (χ0n) is 10.3. The van der Waals surface area contributed by atoms with E-state index in [0.29, 0.717) is 12.8 Å². The fourth-order valence-corrected chi connectivity index (χ4v) is 1.65. The monoisotopic (exact) mass is 261 g/mol. The van der Waals surface area contributed by atoms with Gasteiger partial charge in [0.05, 0.1) is 0 Å². The van der Waals surface area contributed by atoms with Crippen LogP contribution in [0.4, 0.5) is 13.2 Å². The Morgan fingerprint density at radius 3 is 2.56 bits per heavy atom. The van der Waals surface area contributed by atoms with Gasteiger partial charge >= 0.3 is 6.18 Å². The molecule has 18 heavy (non-hydrogen) atoms. The zero-order valence-corrected chi connectivity index (χ0v) is 10.3. The normalized spacial score (nSPS) is 13.6. The van der Waals surface area contributed by atoms with Gasteiger partial charge in [0, 0.05) is 12.6 Å². The predicted molar refractivity (Wildman–Crippen MR) is 64.3 cm³/mol. The first kappa shape index (κ1) is 15.0. The average Bonchev–Trinajstić information content (AvgIpc) is 2.26. The quantitative estimate of drug-likeness (QED) is 0.799. The van der Waals surface area contributed by atoms with Crippen LogP contribution in [0.5, 0.6) is 0 Å². The van der Waals surface area contributed by atoms with Crippen molar-refractivity contribution in [3.05, 3.63) is 35.4 Å². The van der Waals surface area contributed by atoms with E-state index in [1.54, 1.807) is 0 Å². The van der Waals surface area contributed by atoms with E-state index in [0.717, 1.165) is 11.1 Å². The molecule has 0 spiro atoms. The standard InChI is InChI=1S/C13H18F3NO/c1-10-4-2-3-5-11(10)8-12(17)6-7-18-9-13(14,15)16/h2-5,12H,6-9,17H2,1H3. The van der Waals surface area contributed by atoms with Gasteiger partial charge in [0.25, 0.3) is 0 Å². The summed E-state index contributed by atoms with van der Waals surface area (Å²) >= 11 is 0. The number of hydrogen-bond acceptors (Lipinski definition) is 2. The summed E-state index contributed by atoms with van der Waals surface area (Å²) < 4.78 is 40.0. The molecule has 1 rings (SSSR count). The van der Waals surface area contributed by atoms with Gasteiger partial charge in [0.15, 0.2) is 0 Å². The number of nitrogens with two attached hydrogens (primary N) is 1. The van der Waals surface area contributed by atoms with Gasteiger partial charge in [0.1, 0.15) is 6.61 Å². The molecule has 0 aliphatic heterocycles. The molecule has 1 unspecified atom stereocenters. The molecule has 0 heterocycles. The molecule has 0 aliphatic rings. The lowest BCUT2D eigenvalue weighted by molar-refractivity contribution is -0.174. The van der Waals surface area contributed by atoms with Crippen LogP contribution >= 0.6 is 0 Å². The van der Waals surface area contributed by atoms with Gasteiger partial charge in [-0.15, -0.1) is 0 Å². The molecule has 0 saturated heterocycles. The number of rotatable bonds is 6. The molecule has 102 valence electrons. The van der Waals surface area contributed by atoms with Gasteiger partial charge in [-0.2, -0.15) is 13.2 Å². The third-order valence-electron chi connectivity index (χ3n) is 2.64. The minimum atomic E-state index is -4.26. The minimum absolute atomic E-state index is 0.0343. The maximum atomic E-state index is 11.8. The van der Waals surface area contributed by atoms with Crippen LogP contribution in [-0.4, -0.2) is 25.4 Å². The number of aryl methyl sites for hydroxylation is 1. The third-order valence-corrected chi connectivity index (χ3v) is 2.64. The summed E-state index contributed by atoms with van der Waals surface area (Å²) in [4.78, 5) is 0. The lowest BCUT2D eigenvalue weighted by Crippen LogP contribution is -2.26. The molecule has 0 saturated carbocycles. The van der Waals surface area contributed by atoms with Gasteiger partial charge in [-0.25, -0.2) is 0 Å². The van der Waals surface area contributed by atoms with Crippen molar-refractivity contribution in [3.63, 3.8) is 0 Å². The van der Waals surface area contributed by atoms with Crippen molar-refractivity contribution in [2.24, 2.45) is 5.73 Å². The summed E-state index contributed by atoms with van der Waals surface area (Å²) in [5, 5.41) is 0. The topological polar surface area (TPSA) is 35.2 Å². The fourth-order valence-electron chi connectivity index (χ4n) is 1.65. The van der Waals surface area contributed by atoms with Gasteiger partial charge in [-0.05, 0) is 30.9 Å². The average molecular weight is 261 g/mol. The van der Waals surface area contributed by atoms with E-state index in [4.69, 9.17) is 5.73 Å².